The third-order valence-corrected chi connectivity index (χ3v) is 2.67. The fourth-order valence-electron chi connectivity index (χ4n) is 1.42. The van der Waals surface area contributed by atoms with Crippen LogP contribution in [0.2, 0.25) is 10.4 Å². The molecule has 1 aromatic carbocycles. The highest BCUT2D eigenvalue weighted by Crippen LogP contribution is 2.25. The minimum atomic E-state index is -0.0203. The van der Waals surface area contributed by atoms with E-state index in [-0.39, 0.29) is 16.3 Å². The van der Waals surface area contributed by atoms with E-state index in [0.29, 0.717) is 11.3 Å². The molecule has 0 saturated carbocycles. The van der Waals surface area contributed by atoms with Crippen LogP contribution in [-0.2, 0) is 0 Å². The van der Waals surface area contributed by atoms with Crippen molar-refractivity contribution in [2.45, 2.75) is 6.92 Å². The van der Waals surface area contributed by atoms with Crippen LogP contribution in [0.25, 0.3) is 0 Å². The molecule has 0 saturated heterocycles. The first-order chi connectivity index (χ1) is 8.61. The van der Waals surface area contributed by atoms with Crippen LogP contribution in [0.5, 0.6) is 0 Å². The Hall–Kier alpha value is -1.90. The van der Waals surface area contributed by atoms with Crippen molar-refractivity contribution in [3.8, 4) is 6.07 Å². The van der Waals surface area contributed by atoms with E-state index in [9.17, 15) is 0 Å². The average molecular weight is 280 g/mol. The summed E-state index contributed by atoms with van der Waals surface area (Å²) in [6.45, 7) is 1.84. The van der Waals surface area contributed by atoms with Crippen molar-refractivity contribution in [2.24, 2.45) is 0 Å². The molecule has 5 nitrogen and oxygen atoms in total. The molecule has 0 fully saturated rings. The quantitative estimate of drug-likeness (QED) is 0.914. The van der Waals surface area contributed by atoms with E-state index in [1.54, 1.807) is 6.07 Å². The fraction of sp³-hybridized carbons (Fsp3) is 0.0909. The van der Waals surface area contributed by atoms with Crippen molar-refractivity contribution < 1.29 is 0 Å². The van der Waals surface area contributed by atoms with Gasteiger partial charge in [-0.2, -0.15) is 10.2 Å². The lowest BCUT2D eigenvalue weighted by Gasteiger charge is -2.09. The molecule has 2 aromatic rings. The number of nitrogens with zero attached hydrogens (tertiary/aromatic N) is 4. The maximum atomic E-state index is 9.10. The molecule has 1 heterocycles. The first kappa shape index (κ1) is 12.6. The highest BCUT2D eigenvalue weighted by molar-refractivity contribution is 6.32. The first-order valence-electron chi connectivity index (χ1n) is 4.94. The minimum absolute atomic E-state index is 0.0203. The Labute approximate surface area is 113 Å². The van der Waals surface area contributed by atoms with Crippen LogP contribution in [0.15, 0.2) is 18.2 Å². The van der Waals surface area contributed by atoms with Gasteiger partial charge in [-0.05, 0) is 30.2 Å². The van der Waals surface area contributed by atoms with E-state index < -0.39 is 0 Å². The Morgan fingerprint density at radius 3 is 2.78 bits per heavy atom. The van der Waals surface area contributed by atoms with E-state index in [4.69, 9.17) is 28.5 Å². The van der Waals surface area contributed by atoms with E-state index in [1.807, 2.05) is 19.1 Å². The highest BCUT2D eigenvalue weighted by atomic mass is 35.5. The molecule has 1 N–H and O–H groups in total. The van der Waals surface area contributed by atoms with Gasteiger partial charge in [0.2, 0.25) is 5.28 Å². The van der Waals surface area contributed by atoms with Gasteiger partial charge in [-0.25, -0.2) is 0 Å². The zero-order valence-electron chi connectivity index (χ0n) is 9.28. The molecule has 18 heavy (non-hydrogen) atoms. The van der Waals surface area contributed by atoms with Crippen molar-refractivity contribution in [3.63, 3.8) is 0 Å². The second kappa shape index (κ2) is 5.17. The lowest BCUT2D eigenvalue weighted by Crippen LogP contribution is -2.01. The second-order valence-corrected chi connectivity index (χ2v) is 4.15. The molecule has 0 atom stereocenters. The van der Waals surface area contributed by atoms with Crippen LogP contribution in [0, 0.1) is 18.3 Å². The summed E-state index contributed by atoms with van der Waals surface area (Å²) in [5, 5.41) is 19.2. The molecule has 0 spiro atoms. The van der Waals surface area contributed by atoms with Crippen LogP contribution >= 0.6 is 23.2 Å². The second-order valence-electron chi connectivity index (χ2n) is 3.45. The third kappa shape index (κ3) is 2.50. The summed E-state index contributed by atoms with van der Waals surface area (Å²) in [6, 6.07) is 7.53. The number of hydrogen-bond donors (Lipinski definition) is 1. The van der Waals surface area contributed by atoms with Gasteiger partial charge in [-0.15, -0.1) is 10.2 Å². The molecule has 0 radical (unpaired) electrons. The molecule has 7 heteroatoms. The van der Waals surface area contributed by atoms with Gasteiger partial charge in [-0.1, -0.05) is 23.7 Å². The van der Waals surface area contributed by atoms with E-state index in [2.05, 4.69) is 26.6 Å². The number of aromatic nitrogens is 3. The normalized spacial score (nSPS) is 9.89. The van der Waals surface area contributed by atoms with Crippen LogP contribution in [0.4, 0.5) is 11.5 Å². The van der Waals surface area contributed by atoms with E-state index >= 15 is 0 Å². The van der Waals surface area contributed by atoms with Gasteiger partial charge in [0.15, 0.2) is 11.0 Å². The van der Waals surface area contributed by atoms with Gasteiger partial charge in [0.25, 0.3) is 0 Å². The summed E-state index contributed by atoms with van der Waals surface area (Å²) in [4.78, 5) is 3.91. The van der Waals surface area contributed by atoms with Gasteiger partial charge in [0.05, 0.1) is 11.3 Å². The number of anilines is 2. The molecule has 2 rings (SSSR count). The minimum Gasteiger partial charge on any atom is -0.336 e. The number of nitriles is 1. The number of hydrogen-bond acceptors (Lipinski definition) is 5. The molecular weight excluding hydrogens is 273 g/mol. The largest absolute Gasteiger partial charge is 0.336 e. The van der Waals surface area contributed by atoms with Crippen molar-refractivity contribution in [1.29, 1.82) is 5.26 Å². The Balaban J connectivity index is 2.44. The highest BCUT2D eigenvalue weighted by Gasteiger charge is 2.10. The van der Waals surface area contributed by atoms with Gasteiger partial charge < -0.3 is 5.32 Å². The molecule has 0 unspecified atom stereocenters. The lowest BCUT2D eigenvalue weighted by atomic mass is 10.1. The maximum absolute atomic E-state index is 9.10. The summed E-state index contributed by atoms with van der Waals surface area (Å²) in [5.74, 6) is 0.263. The molecular formula is C11H7Cl2N5. The van der Waals surface area contributed by atoms with Gasteiger partial charge >= 0.3 is 0 Å². The summed E-state index contributed by atoms with van der Waals surface area (Å²) >= 11 is 11.5. The summed E-state index contributed by atoms with van der Waals surface area (Å²) in [6.07, 6.45) is 0. The Morgan fingerprint density at radius 2 is 2.06 bits per heavy atom. The van der Waals surface area contributed by atoms with Crippen molar-refractivity contribution >= 4 is 34.7 Å². The third-order valence-electron chi connectivity index (χ3n) is 2.26. The Morgan fingerprint density at radius 1 is 1.28 bits per heavy atom. The van der Waals surface area contributed by atoms with Crippen LogP contribution in [0.3, 0.4) is 0 Å². The zero-order chi connectivity index (χ0) is 13.1. The number of aryl methyl sites for hydroxylation is 1. The number of benzene rings is 1. The molecule has 0 aliphatic carbocycles. The summed E-state index contributed by atoms with van der Waals surface area (Å²) < 4.78 is 0. The maximum Gasteiger partial charge on any atom is 0.245 e. The number of rotatable bonds is 2. The van der Waals surface area contributed by atoms with E-state index in [1.165, 1.54) is 0 Å². The summed E-state index contributed by atoms with van der Waals surface area (Å²) in [5.41, 5.74) is 1.96. The van der Waals surface area contributed by atoms with Crippen LogP contribution < -0.4 is 5.32 Å². The van der Waals surface area contributed by atoms with Gasteiger partial charge in [-0.3, -0.25) is 0 Å². The molecule has 0 aliphatic heterocycles. The summed E-state index contributed by atoms with van der Waals surface area (Å²) in [7, 11) is 0. The van der Waals surface area contributed by atoms with Gasteiger partial charge in [0, 0.05) is 0 Å². The van der Waals surface area contributed by atoms with Crippen molar-refractivity contribution in [2.75, 3.05) is 5.32 Å². The zero-order valence-corrected chi connectivity index (χ0v) is 10.8. The number of nitrogens with one attached hydrogen (secondary N) is 1. The average Bonchev–Trinajstić information content (AvgIpc) is 2.34. The predicted molar refractivity (Wildman–Crippen MR) is 69.0 cm³/mol. The van der Waals surface area contributed by atoms with Crippen LogP contribution in [-0.4, -0.2) is 15.2 Å². The number of halogens is 2. The molecule has 0 amide bonds. The topological polar surface area (TPSA) is 74.5 Å². The Bertz CT molecular complexity index is 636. The van der Waals surface area contributed by atoms with Crippen molar-refractivity contribution in [3.05, 3.63) is 39.8 Å². The molecule has 0 bridgehead atoms. The van der Waals surface area contributed by atoms with Crippen molar-refractivity contribution in [1.82, 2.24) is 15.2 Å². The standard InChI is InChI=1S/C11H7Cl2N5/c1-6-3-2-4-8(7(6)5-14)15-10-9(12)17-18-11(13)16-10/h2-4H,1H3,(H,15,16,18). The SMILES string of the molecule is Cc1cccc(Nc2nc(Cl)nnc2Cl)c1C#N. The molecule has 90 valence electrons. The Kier molecular flexibility index (Phi) is 3.60. The predicted octanol–water partition coefficient (Wildman–Crippen LogP) is 3.10. The lowest BCUT2D eigenvalue weighted by molar-refractivity contribution is 0.974. The first-order valence-corrected chi connectivity index (χ1v) is 5.70. The fourth-order valence-corrected chi connectivity index (χ4v) is 1.67. The van der Waals surface area contributed by atoms with Crippen LogP contribution in [0.1, 0.15) is 11.1 Å². The van der Waals surface area contributed by atoms with E-state index in [0.717, 1.165) is 5.56 Å². The molecule has 1 aromatic heterocycles. The van der Waals surface area contributed by atoms with Gasteiger partial charge in [0.1, 0.15) is 6.07 Å². The monoisotopic (exact) mass is 279 g/mol. The molecule has 0 aliphatic rings. The smallest absolute Gasteiger partial charge is 0.245 e.